The van der Waals surface area contributed by atoms with Crippen LogP contribution in [0.3, 0.4) is 0 Å². The number of nitrogens with one attached hydrogen (secondary N) is 1. The van der Waals surface area contributed by atoms with Gasteiger partial charge >= 0.3 is 0 Å². The Morgan fingerprint density at radius 3 is 3.20 bits per heavy atom. The first-order valence-electron chi connectivity index (χ1n) is 6.77. The molecule has 0 radical (unpaired) electrons. The van der Waals surface area contributed by atoms with Crippen LogP contribution in [0.1, 0.15) is 30.9 Å². The highest BCUT2D eigenvalue weighted by Crippen LogP contribution is 2.53. The average Bonchev–Trinajstić information content (AvgIpc) is 3.15. The Balaban J connectivity index is 1.74. The van der Waals surface area contributed by atoms with Crippen LogP contribution in [-0.4, -0.2) is 21.3 Å². The van der Waals surface area contributed by atoms with Crippen molar-refractivity contribution in [2.75, 3.05) is 11.9 Å². The standard InChI is InChI=1S/C14H14BrClN4/c15-10-7-17-13-11(12(10)16)14(8-18-13)3-2-9(6-14)20-5-1-4-19-20/h1,4-5,7,9H,2-3,6,8H2,(H,17,18)/t9-,14-/m0/s1. The van der Waals surface area contributed by atoms with Gasteiger partial charge in [0.05, 0.1) is 15.5 Å². The minimum absolute atomic E-state index is 0.0970. The third kappa shape index (κ3) is 1.72. The molecule has 6 heteroatoms. The van der Waals surface area contributed by atoms with E-state index in [0.29, 0.717) is 6.04 Å². The van der Waals surface area contributed by atoms with E-state index in [0.717, 1.165) is 41.1 Å². The van der Waals surface area contributed by atoms with Gasteiger partial charge in [-0.1, -0.05) is 11.6 Å². The lowest BCUT2D eigenvalue weighted by Crippen LogP contribution is -2.25. The fourth-order valence-corrected chi connectivity index (χ4v) is 4.27. The zero-order valence-electron chi connectivity index (χ0n) is 10.8. The molecule has 2 aromatic rings. The van der Waals surface area contributed by atoms with E-state index in [1.54, 1.807) is 6.20 Å². The average molecular weight is 354 g/mol. The fourth-order valence-electron chi connectivity index (χ4n) is 3.63. The highest BCUT2D eigenvalue weighted by Gasteiger charge is 2.47. The summed E-state index contributed by atoms with van der Waals surface area (Å²) >= 11 is 10.0. The predicted molar refractivity (Wildman–Crippen MR) is 82.2 cm³/mol. The summed E-state index contributed by atoms with van der Waals surface area (Å²) in [6.45, 7) is 0.920. The molecule has 1 N–H and O–H groups in total. The molecule has 0 aromatic carbocycles. The summed E-state index contributed by atoms with van der Waals surface area (Å²) in [6, 6.07) is 2.43. The molecule has 0 amide bonds. The van der Waals surface area contributed by atoms with Gasteiger partial charge in [0, 0.05) is 36.1 Å². The Bertz CT molecular complexity index is 657. The summed E-state index contributed by atoms with van der Waals surface area (Å²) in [5.41, 5.74) is 1.28. The first kappa shape index (κ1) is 12.7. The highest BCUT2D eigenvalue weighted by atomic mass is 79.9. The molecule has 0 unspecified atom stereocenters. The van der Waals surface area contributed by atoms with Gasteiger partial charge in [-0.05, 0) is 41.3 Å². The minimum Gasteiger partial charge on any atom is -0.369 e. The van der Waals surface area contributed by atoms with E-state index in [2.05, 4.69) is 36.0 Å². The summed E-state index contributed by atoms with van der Waals surface area (Å²) in [7, 11) is 0. The van der Waals surface area contributed by atoms with Crippen molar-refractivity contribution in [3.8, 4) is 0 Å². The number of aromatic nitrogens is 3. The Morgan fingerprint density at radius 2 is 2.40 bits per heavy atom. The molecule has 3 heterocycles. The monoisotopic (exact) mass is 352 g/mol. The van der Waals surface area contributed by atoms with Gasteiger partial charge in [-0.2, -0.15) is 5.10 Å². The normalized spacial score (nSPS) is 27.8. The van der Waals surface area contributed by atoms with Gasteiger partial charge < -0.3 is 5.32 Å². The molecular weight excluding hydrogens is 340 g/mol. The van der Waals surface area contributed by atoms with Gasteiger partial charge in [0.25, 0.3) is 0 Å². The van der Waals surface area contributed by atoms with Gasteiger partial charge in [-0.15, -0.1) is 0 Å². The van der Waals surface area contributed by atoms with E-state index in [9.17, 15) is 0 Å². The maximum absolute atomic E-state index is 6.53. The van der Waals surface area contributed by atoms with Crippen LogP contribution in [0.15, 0.2) is 29.1 Å². The third-order valence-electron chi connectivity index (χ3n) is 4.58. The molecular formula is C14H14BrClN4. The van der Waals surface area contributed by atoms with Crippen LogP contribution in [0.2, 0.25) is 5.02 Å². The number of anilines is 1. The highest BCUT2D eigenvalue weighted by molar-refractivity contribution is 9.10. The molecule has 2 aromatic heterocycles. The van der Waals surface area contributed by atoms with Gasteiger partial charge in [0.1, 0.15) is 5.82 Å². The number of halogens is 2. The summed E-state index contributed by atoms with van der Waals surface area (Å²) in [5.74, 6) is 0.944. The van der Waals surface area contributed by atoms with Gasteiger partial charge in [-0.3, -0.25) is 4.68 Å². The van der Waals surface area contributed by atoms with Crippen molar-refractivity contribution in [3.05, 3.63) is 39.7 Å². The molecule has 20 heavy (non-hydrogen) atoms. The maximum Gasteiger partial charge on any atom is 0.131 e. The molecule has 1 aliphatic heterocycles. The number of hydrogen-bond donors (Lipinski definition) is 1. The Morgan fingerprint density at radius 1 is 1.50 bits per heavy atom. The first-order chi connectivity index (χ1) is 9.70. The predicted octanol–water partition coefficient (Wildman–Crippen LogP) is 3.78. The topological polar surface area (TPSA) is 42.7 Å². The van der Waals surface area contributed by atoms with E-state index in [-0.39, 0.29) is 5.41 Å². The van der Waals surface area contributed by atoms with Crippen LogP contribution in [0.25, 0.3) is 0 Å². The van der Waals surface area contributed by atoms with Crippen LogP contribution >= 0.6 is 27.5 Å². The fraction of sp³-hybridized carbons (Fsp3) is 0.429. The van der Waals surface area contributed by atoms with Crippen molar-refractivity contribution < 1.29 is 0 Å². The molecule has 1 saturated carbocycles. The largest absolute Gasteiger partial charge is 0.369 e. The Hall–Kier alpha value is -1.07. The van der Waals surface area contributed by atoms with Crippen LogP contribution in [0.5, 0.6) is 0 Å². The summed E-state index contributed by atoms with van der Waals surface area (Å²) in [4.78, 5) is 4.46. The smallest absolute Gasteiger partial charge is 0.131 e. The van der Waals surface area contributed by atoms with E-state index >= 15 is 0 Å². The van der Waals surface area contributed by atoms with Gasteiger partial charge in [0.2, 0.25) is 0 Å². The first-order valence-corrected chi connectivity index (χ1v) is 7.94. The zero-order chi connectivity index (χ0) is 13.7. The molecule has 0 bridgehead atoms. The number of hydrogen-bond acceptors (Lipinski definition) is 3. The molecule has 1 spiro atoms. The molecule has 4 rings (SSSR count). The van der Waals surface area contributed by atoms with Crippen LogP contribution in [0, 0.1) is 0 Å². The number of fused-ring (bicyclic) bond motifs is 2. The second kappa shape index (κ2) is 4.46. The van der Waals surface area contributed by atoms with E-state index < -0.39 is 0 Å². The second-order valence-electron chi connectivity index (χ2n) is 5.66. The van der Waals surface area contributed by atoms with Crippen LogP contribution in [0.4, 0.5) is 5.82 Å². The summed E-state index contributed by atoms with van der Waals surface area (Å²) in [6.07, 6.45) is 8.98. The van der Waals surface area contributed by atoms with Crippen molar-refractivity contribution in [1.29, 1.82) is 0 Å². The zero-order valence-corrected chi connectivity index (χ0v) is 13.2. The van der Waals surface area contributed by atoms with E-state index in [1.165, 1.54) is 5.56 Å². The molecule has 0 saturated heterocycles. The van der Waals surface area contributed by atoms with E-state index in [4.69, 9.17) is 11.6 Å². The third-order valence-corrected chi connectivity index (χ3v) is 5.80. The Kier molecular flexibility index (Phi) is 2.82. The molecule has 2 atom stereocenters. The lowest BCUT2D eigenvalue weighted by atomic mass is 9.81. The molecule has 4 nitrogen and oxygen atoms in total. The SMILES string of the molecule is Clc1c(Br)cnc2c1[C@]1(CC[C@H](n3cccn3)C1)CN2. The van der Waals surface area contributed by atoms with E-state index in [1.807, 2.05) is 18.5 Å². The quantitative estimate of drug-likeness (QED) is 0.848. The molecule has 104 valence electrons. The second-order valence-corrected chi connectivity index (χ2v) is 6.89. The van der Waals surface area contributed by atoms with Crippen LogP contribution < -0.4 is 5.32 Å². The van der Waals surface area contributed by atoms with Crippen molar-refractivity contribution in [2.45, 2.75) is 30.7 Å². The van der Waals surface area contributed by atoms with Gasteiger partial charge in [0.15, 0.2) is 0 Å². The van der Waals surface area contributed by atoms with Gasteiger partial charge in [-0.25, -0.2) is 4.98 Å². The summed E-state index contributed by atoms with van der Waals surface area (Å²) < 4.78 is 2.95. The lowest BCUT2D eigenvalue weighted by molar-refractivity contribution is 0.418. The maximum atomic E-state index is 6.53. The van der Waals surface area contributed by atoms with Crippen molar-refractivity contribution in [3.63, 3.8) is 0 Å². The summed E-state index contributed by atoms with van der Waals surface area (Å²) in [5, 5.41) is 8.61. The minimum atomic E-state index is 0.0970. The molecule has 1 fully saturated rings. The molecule has 2 aliphatic rings. The Labute approximate surface area is 130 Å². The number of pyridine rings is 1. The van der Waals surface area contributed by atoms with Crippen molar-refractivity contribution >= 4 is 33.3 Å². The number of rotatable bonds is 1. The lowest BCUT2D eigenvalue weighted by Gasteiger charge is -2.24. The molecule has 1 aliphatic carbocycles. The number of nitrogens with zero attached hydrogens (tertiary/aromatic N) is 3. The van der Waals surface area contributed by atoms with Crippen LogP contribution in [-0.2, 0) is 5.41 Å². The van der Waals surface area contributed by atoms with Crippen molar-refractivity contribution in [1.82, 2.24) is 14.8 Å². The van der Waals surface area contributed by atoms with Crippen molar-refractivity contribution in [2.24, 2.45) is 0 Å².